The fourth-order valence-corrected chi connectivity index (χ4v) is 2.56. The largest absolute Gasteiger partial charge is 0.352 e. The van der Waals surface area contributed by atoms with E-state index in [1.165, 1.54) is 12.8 Å². The fraction of sp³-hybridized carbons (Fsp3) is 0.533. The Morgan fingerprint density at radius 2 is 1.95 bits per heavy atom. The molecule has 5 heteroatoms. The van der Waals surface area contributed by atoms with Gasteiger partial charge in [-0.3, -0.25) is 10.6 Å². The zero-order chi connectivity index (χ0) is 14.4. The number of nitrogens with zero attached hydrogens (tertiary/aromatic N) is 1. The van der Waals surface area contributed by atoms with Gasteiger partial charge in [-0.2, -0.15) is 0 Å². The minimum Gasteiger partial charge on any atom is -0.352 e. The van der Waals surface area contributed by atoms with Gasteiger partial charge in [0.15, 0.2) is 0 Å². The monoisotopic (exact) mass is 276 g/mol. The first kappa shape index (κ1) is 14.8. The zero-order valence-corrected chi connectivity index (χ0v) is 12.1. The molecule has 0 aromatic heterocycles. The molecule has 1 aliphatic rings. The number of hydrogen-bond acceptors (Lipinski definition) is 4. The number of rotatable bonds is 5. The highest BCUT2D eigenvalue weighted by Crippen LogP contribution is 2.16. The van der Waals surface area contributed by atoms with Crippen molar-refractivity contribution in [3.63, 3.8) is 0 Å². The van der Waals surface area contributed by atoms with Crippen molar-refractivity contribution in [3.05, 3.63) is 29.8 Å². The molecule has 0 radical (unpaired) electrons. The van der Waals surface area contributed by atoms with Gasteiger partial charge in [-0.15, -0.1) is 0 Å². The third-order valence-electron chi connectivity index (χ3n) is 4.02. The number of piperidine rings is 1. The molecule has 1 fully saturated rings. The Hall–Kier alpha value is -1.59. The van der Waals surface area contributed by atoms with Crippen molar-refractivity contribution in [3.8, 4) is 0 Å². The van der Waals surface area contributed by atoms with Gasteiger partial charge in [-0.05, 0) is 62.7 Å². The summed E-state index contributed by atoms with van der Waals surface area (Å²) in [5.41, 5.74) is 4.03. The normalized spacial score (nSPS) is 16.9. The number of nitrogens with one attached hydrogen (secondary N) is 2. The van der Waals surface area contributed by atoms with E-state index in [-0.39, 0.29) is 5.91 Å². The van der Waals surface area contributed by atoms with Gasteiger partial charge in [0, 0.05) is 17.8 Å². The number of hydrazine groups is 1. The van der Waals surface area contributed by atoms with Gasteiger partial charge >= 0.3 is 0 Å². The number of carbonyl (C=O) groups is 1. The lowest BCUT2D eigenvalue weighted by atomic mass is 9.97. The maximum Gasteiger partial charge on any atom is 0.251 e. The van der Waals surface area contributed by atoms with E-state index in [1.807, 2.05) is 0 Å². The second kappa shape index (κ2) is 7.26. The van der Waals surface area contributed by atoms with Crippen LogP contribution in [0.4, 0.5) is 5.69 Å². The Morgan fingerprint density at radius 3 is 2.50 bits per heavy atom. The average Bonchev–Trinajstić information content (AvgIpc) is 2.53. The number of nitrogens with two attached hydrogens (primary N) is 1. The van der Waals surface area contributed by atoms with Gasteiger partial charge in [0.2, 0.25) is 0 Å². The molecule has 2 rings (SSSR count). The van der Waals surface area contributed by atoms with Gasteiger partial charge in [0.05, 0.1) is 0 Å². The molecule has 1 aromatic carbocycles. The highest BCUT2D eigenvalue weighted by atomic mass is 16.1. The first-order valence-corrected chi connectivity index (χ1v) is 7.30. The van der Waals surface area contributed by atoms with Crippen LogP contribution >= 0.6 is 0 Å². The fourth-order valence-electron chi connectivity index (χ4n) is 2.56. The SMILES string of the molecule is CCN1CCC(CNC(=O)c2ccc(NN)cc2)CC1. The molecule has 0 spiro atoms. The standard InChI is InChI=1S/C15H24N4O/c1-2-19-9-7-12(8-10-19)11-17-15(20)13-3-5-14(18-16)6-4-13/h3-6,12,18H,2,7-11,16H2,1H3,(H,17,20). The Morgan fingerprint density at radius 1 is 1.30 bits per heavy atom. The van der Waals surface area contributed by atoms with Crippen LogP contribution in [0.15, 0.2) is 24.3 Å². The number of carbonyl (C=O) groups excluding carboxylic acids is 1. The van der Waals surface area contributed by atoms with Crippen molar-refractivity contribution in [1.82, 2.24) is 10.2 Å². The summed E-state index contributed by atoms with van der Waals surface area (Å²) in [7, 11) is 0. The molecule has 1 aromatic rings. The summed E-state index contributed by atoms with van der Waals surface area (Å²) in [6.07, 6.45) is 2.34. The van der Waals surface area contributed by atoms with Crippen LogP contribution in [-0.4, -0.2) is 37.0 Å². The number of hydrogen-bond donors (Lipinski definition) is 3. The van der Waals surface area contributed by atoms with Crippen molar-refractivity contribution in [1.29, 1.82) is 0 Å². The zero-order valence-electron chi connectivity index (χ0n) is 12.1. The van der Waals surface area contributed by atoms with Crippen LogP contribution in [0.1, 0.15) is 30.1 Å². The van der Waals surface area contributed by atoms with Crippen molar-refractivity contribution < 1.29 is 4.79 Å². The molecule has 0 bridgehead atoms. The van der Waals surface area contributed by atoms with E-state index in [0.717, 1.165) is 31.9 Å². The summed E-state index contributed by atoms with van der Waals surface area (Å²) in [4.78, 5) is 14.5. The average molecular weight is 276 g/mol. The number of likely N-dealkylation sites (tertiary alicyclic amines) is 1. The molecule has 1 heterocycles. The molecule has 5 nitrogen and oxygen atoms in total. The first-order valence-electron chi connectivity index (χ1n) is 7.30. The summed E-state index contributed by atoms with van der Waals surface area (Å²) in [5, 5.41) is 3.03. The van der Waals surface area contributed by atoms with Crippen LogP contribution in [0, 0.1) is 5.92 Å². The van der Waals surface area contributed by atoms with E-state index in [9.17, 15) is 4.79 Å². The van der Waals surface area contributed by atoms with Crippen molar-refractivity contribution >= 4 is 11.6 Å². The molecule has 0 atom stereocenters. The smallest absolute Gasteiger partial charge is 0.251 e. The molecule has 0 aliphatic carbocycles. The van der Waals surface area contributed by atoms with Gasteiger partial charge in [0.1, 0.15) is 0 Å². The molecule has 0 unspecified atom stereocenters. The predicted molar refractivity (Wildman–Crippen MR) is 81.4 cm³/mol. The number of nitrogen functional groups attached to an aromatic ring is 1. The lowest BCUT2D eigenvalue weighted by molar-refractivity contribution is 0.0937. The van der Waals surface area contributed by atoms with Gasteiger partial charge in [-0.1, -0.05) is 6.92 Å². The summed E-state index contributed by atoms with van der Waals surface area (Å²) < 4.78 is 0. The van der Waals surface area contributed by atoms with Crippen LogP contribution in [0.2, 0.25) is 0 Å². The lowest BCUT2D eigenvalue weighted by Crippen LogP contribution is -2.38. The Labute approximate surface area is 120 Å². The van der Waals surface area contributed by atoms with Gasteiger partial charge < -0.3 is 15.6 Å². The predicted octanol–water partition coefficient (Wildman–Crippen LogP) is 1.43. The van der Waals surface area contributed by atoms with Gasteiger partial charge in [0.25, 0.3) is 5.91 Å². The Balaban J connectivity index is 1.77. The molecule has 1 amide bonds. The van der Waals surface area contributed by atoms with E-state index < -0.39 is 0 Å². The van der Waals surface area contributed by atoms with Crippen LogP contribution in [0.3, 0.4) is 0 Å². The molecule has 20 heavy (non-hydrogen) atoms. The minimum absolute atomic E-state index is 0.00788. The molecule has 110 valence electrons. The van der Waals surface area contributed by atoms with Gasteiger partial charge in [-0.25, -0.2) is 0 Å². The van der Waals surface area contributed by atoms with E-state index in [4.69, 9.17) is 5.84 Å². The second-order valence-corrected chi connectivity index (χ2v) is 5.31. The van der Waals surface area contributed by atoms with Crippen molar-refractivity contribution in [2.24, 2.45) is 11.8 Å². The van der Waals surface area contributed by atoms with Crippen LogP contribution in [0.5, 0.6) is 0 Å². The number of anilines is 1. The van der Waals surface area contributed by atoms with Crippen molar-refractivity contribution in [2.45, 2.75) is 19.8 Å². The minimum atomic E-state index is -0.00788. The third-order valence-corrected chi connectivity index (χ3v) is 4.02. The summed E-state index contributed by atoms with van der Waals surface area (Å²) in [6, 6.07) is 7.16. The lowest BCUT2D eigenvalue weighted by Gasteiger charge is -2.31. The molecular formula is C15H24N4O. The maximum absolute atomic E-state index is 12.0. The molecule has 1 saturated heterocycles. The summed E-state index contributed by atoms with van der Waals surface area (Å²) >= 11 is 0. The topological polar surface area (TPSA) is 70.4 Å². The Bertz CT molecular complexity index is 424. The number of amides is 1. The maximum atomic E-state index is 12.0. The van der Waals surface area contributed by atoms with Crippen LogP contribution in [-0.2, 0) is 0 Å². The summed E-state index contributed by atoms with van der Waals surface area (Å²) in [6.45, 7) is 6.39. The van der Waals surface area contributed by atoms with E-state index >= 15 is 0 Å². The number of benzene rings is 1. The molecular weight excluding hydrogens is 252 g/mol. The van der Waals surface area contributed by atoms with E-state index in [0.29, 0.717) is 11.5 Å². The molecule has 4 N–H and O–H groups in total. The van der Waals surface area contributed by atoms with E-state index in [1.54, 1.807) is 24.3 Å². The quantitative estimate of drug-likeness (QED) is 0.562. The van der Waals surface area contributed by atoms with Crippen LogP contribution in [0.25, 0.3) is 0 Å². The Kier molecular flexibility index (Phi) is 5.38. The highest BCUT2D eigenvalue weighted by molar-refractivity contribution is 5.94. The molecule has 0 saturated carbocycles. The third kappa shape index (κ3) is 3.95. The second-order valence-electron chi connectivity index (χ2n) is 5.31. The van der Waals surface area contributed by atoms with Crippen LogP contribution < -0.4 is 16.6 Å². The van der Waals surface area contributed by atoms with Crippen molar-refractivity contribution in [2.75, 3.05) is 31.6 Å². The van der Waals surface area contributed by atoms with E-state index in [2.05, 4.69) is 22.6 Å². The highest BCUT2D eigenvalue weighted by Gasteiger charge is 2.18. The first-order chi connectivity index (χ1) is 9.72. The molecule has 1 aliphatic heterocycles. The summed E-state index contributed by atoms with van der Waals surface area (Å²) in [5.74, 6) is 5.90.